The molecular weight excluding hydrogens is 368 g/mol. The molecule has 3 rings (SSSR count). The van der Waals surface area contributed by atoms with Gasteiger partial charge in [-0.3, -0.25) is 9.78 Å². The van der Waals surface area contributed by atoms with E-state index in [9.17, 15) is 13.2 Å². The highest BCUT2D eigenvalue weighted by Gasteiger charge is 2.30. The van der Waals surface area contributed by atoms with Crippen LogP contribution in [0.3, 0.4) is 0 Å². The van der Waals surface area contributed by atoms with E-state index in [0.717, 1.165) is 5.56 Å². The van der Waals surface area contributed by atoms with E-state index in [1.54, 1.807) is 47.8 Å². The van der Waals surface area contributed by atoms with Gasteiger partial charge in [0.15, 0.2) is 9.84 Å². The summed E-state index contributed by atoms with van der Waals surface area (Å²) in [6.45, 7) is 1.91. The fourth-order valence-electron chi connectivity index (χ4n) is 2.53. The van der Waals surface area contributed by atoms with E-state index in [2.05, 4.69) is 10.3 Å². The van der Waals surface area contributed by atoms with Crippen LogP contribution in [-0.2, 0) is 9.84 Å². The molecule has 1 aromatic carbocycles. The van der Waals surface area contributed by atoms with Crippen molar-refractivity contribution in [1.29, 1.82) is 0 Å². The molecule has 0 spiro atoms. The van der Waals surface area contributed by atoms with Gasteiger partial charge in [0.05, 0.1) is 0 Å². The molecule has 134 valence electrons. The lowest BCUT2D eigenvalue weighted by Crippen LogP contribution is -2.32. The van der Waals surface area contributed by atoms with Crippen molar-refractivity contribution in [3.05, 3.63) is 83.0 Å². The van der Waals surface area contributed by atoms with Crippen LogP contribution in [0, 0.1) is 6.92 Å². The Balaban J connectivity index is 1.89. The van der Waals surface area contributed by atoms with Gasteiger partial charge in [-0.25, -0.2) is 8.42 Å². The molecule has 0 fully saturated rings. The van der Waals surface area contributed by atoms with Crippen molar-refractivity contribution in [2.45, 2.75) is 16.4 Å². The number of thiophene rings is 1. The number of carbonyl (C=O) groups is 1. The van der Waals surface area contributed by atoms with Gasteiger partial charge in [-0.05, 0) is 36.1 Å². The van der Waals surface area contributed by atoms with Crippen LogP contribution >= 0.6 is 11.3 Å². The molecule has 0 aliphatic rings. The number of rotatable bonds is 6. The molecule has 1 atom stereocenters. The topological polar surface area (TPSA) is 76.1 Å². The third-order valence-corrected chi connectivity index (χ3v) is 7.48. The Kier molecular flexibility index (Phi) is 5.49. The number of benzene rings is 1. The fourth-order valence-corrected chi connectivity index (χ4v) is 5.39. The van der Waals surface area contributed by atoms with Gasteiger partial charge in [-0.2, -0.15) is 0 Å². The zero-order chi connectivity index (χ0) is 18.6. The predicted octanol–water partition coefficient (Wildman–Crippen LogP) is 3.40. The molecular formula is C19H18N2O3S2. The largest absolute Gasteiger partial charge is 0.349 e. The van der Waals surface area contributed by atoms with Crippen molar-refractivity contribution >= 4 is 27.1 Å². The number of nitrogens with one attached hydrogen (secondary N) is 1. The van der Waals surface area contributed by atoms with E-state index in [4.69, 9.17) is 0 Å². The summed E-state index contributed by atoms with van der Waals surface area (Å²) in [7, 11) is -3.62. The monoisotopic (exact) mass is 386 g/mol. The van der Waals surface area contributed by atoms with Crippen LogP contribution in [-0.4, -0.2) is 25.9 Å². The van der Waals surface area contributed by atoms with Crippen LogP contribution in [0.15, 0.2) is 70.4 Å². The standard InChI is InChI=1S/C19H18N2O3S2/c1-14-7-9-15(10-8-14)17(26(23,24)18-6-4-12-25-18)13-21-19(22)16-5-2-3-11-20-16/h2-12,17H,13H2,1H3,(H,21,22)/t17-/m0/s1. The lowest BCUT2D eigenvalue weighted by molar-refractivity contribution is 0.0948. The van der Waals surface area contributed by atoms with Gasteiger partial charge in [0.25, 0.3) is 5.91 Å². The Hall–Kier alpha value is -2.51. The number of aryl methyl sites for hydroxylation is 1. The summed E-state index contributed by atoms with van der Waals surface area (Å²) in [5.74, 6) is -0.399. The smallest absolute Gasteiger partial charge is 0.269 e. The number of hydrogen-bond acceptors (Lipinski definition) is 5. The molecule has 5 nitrogen and oxygen atoms in total. The van der Waals surface area contributed by atoms with Gasteiger partial charge >= 0.3 is 0 Å². The van der Waals surface area contributed by atoms with Gasteiger partial charge in [0.1, 0.15) is 15.2 Å². The van der Waals surface area contributed by atoms with Crippen LogP contribution in [0.25, 0.3) is 0 Å². The van der Waals surface area contributed by atoms with Crippen molar-refractivity contribution in [2.75, 3.05) is 6.54 Å². The van der Waals surface area contributed by atoms with Crippen molar-refractivity contribution in [3.63, 3.8) is 0 Å². The Morgan fingerprint density at radius 2 is 1.88 bits per heavy atom. The van der Waals surface area contributed by atoms with E-state index >= 15 is 0 Å². The van der Waals surface area contributed by atoms with Gasteiger partial charge in [-0.1, -0.05) is 42.0 Å². The van der Waals surface area contributed by atoms with Crippen molar-refractivity contribution in [3.8, 4) is 0 Å². The Labute approximate surface area is 156 Å². The SMILES string of the molecule is Cc1ccc([C@H](CNC(=O)c2ccccn2)S(=O)(=O)c2cccs2)cc1. The molecule has 26 heavy (non-hydrogen) atoms. The Morgan fingerprint density at radius 3 is 2.50 bits per heavy atom. The summed E-state index contributed by atoms with van der Waals surface area (Å²) in [6, 6.07) is 15.6. The number of aromatic nitrogens is 1. The maximum absolute atomic E-state index is 13.1. The maximum atomic E-state index is 13.1. The Bertz CT molecular complexity index is 967. The summed E-state index contributed by atoms with van der Waals surface area (Å²) in [4.78, 5) is 16.3. The summed E-state index contributed by atoms with van der Waals surface area (Å²) < 4.78 is 26.4. The first-order valence-electron chi connectivity index (χ1n) is 8.01. The van der Waals surface area contributed by atoms with Gasteiger partial charge in [-0.15, -0.1) is 11.3 Å². The van der Waals surface area contributed by atoms with E-state index in [0.29, 0.717) is 5.56 Å². The van der Waals surface area contributed by atoms with E-state index in [1.165, 1.54) is 17.5 Å². The fraction of sp³-hybridized carbons (Fsp3) is 0.158. The molecule has 0 unspecified atom stereocenters. The first-order chi connectivity index (χ1) is 12.5. The van der Waals surface area contributed by atoms with Crippen LogP contribution in [0.1, 0.15) is 26.9 Å². The van der Waals surface area contributed by atoms with Gasteiger partial charge in [0, 0.05) is 12.7 Å². The molecule has 0 aliphatic carbocycles. The third kappa shape index (κ3) is 4.00. The predicted molar refractivity (Wildman–Crippen MR) is 102 cm³/mol. The second-order valence-electron chi connectivity index (χ2n) is 5.80. The van der Waals surface area contributed by atoms with Crippen molar-refractivity contribution < 1.29 is 13.2 Å². The van der Waals surface area contributed by atoms with E-state index < -0.39 is 21.0 Å². The average molecular weight is 386 g/mol. The summed E-state index contributed by atoms with van der Waals surface area (Å²) in [5, 5.41) is 3.57. The highest BCUT2D eigenvalue weighted by molar-refractivity contribution is 7.93. The van der Waals surface area contributed by atoms with Gasteiger partial charge < -0.3 is 5.32 Å². The van der Waals surface area contributed by atoms with E-state index in [-0.39, 0.29) is 16.4 Å². The molecule has 0 saturated carbocycles. The highest BCUT2D eigenvalue weighted by Crippen LogP contribution is 2.31. The van der Waals surface area contributed by atoms with Crippen LogP contribution in [0.5, 0.6) is 0 Å². The molecule has 1 amide bonds. The molecule has 0 radical (unpaired) electrons. The van der Waals surface area contributed by atoms with Crippen molar-refractivity contribution in [2.24, 2.45) is 0 Å². The minimum atomic E-state index is -3.62. The normalized spacial score (nSPS) is 12.5. The van der Waals surface area contributed by atoms with Crippen LogP contribution in [0.4, 0.5) is 0 Å². The van der Waals surface area contributed by atoms with Crippen LogP contribution < -0.4 is 5.32 Å². The molecule has 2 heterocycles. The molecule has 0 saturated heterocycles. The number of pyridine rings is 1. The minimum absolute atomic E-state index is 0.0291. The molecule has 7 heteroatoms. The number of amides is 1. The second-order valence-corrected chi connectivity index (χ2v) is 9.11. The second kappa shape index (κ2) is 7.80. The number of nitrogens with zero attached hydrogens (tertiary/aromatic N) is 1. The molecule has 0 bridgehead atoms. The highest BCUT2D eigenvalue weighted by atomic mass is 32.2. The Morgan fingerprint density at radius 1 is 1.12 bits per heavy atom. The summed E-state index contributed by atoms with van der Waals surface area (Å²) in [6.07, 6.45) is 1.52. The zero-order valence-corrected chi connectivity index (χ0v) is 15.8. The number of hydrogen-bond donors (Lipinski definition) is 1. The molecule has 1 N–H and O–H groups in total. The average Bonchev–Trinajstić information content (AvgIpc) is 3.19. The number of carbonyl (C=O) groups excluding carboxylic acids is 1. The lowest BCUT2D eigenvalue weighted by Gasteiger charge is -2.18. The lowest BCUT2D eigenvalue weighted by atomic mass is 10.1. The first kappa shape index (κ1) is 18.3. The number of sulfone groups is 1. The quantitative estimate of drug-likeness (QED) is 0.704. The summed E-state index contributed by atoms with van der Waals surface area (Å²) in [5.41, 5.74) is 1.94. The molecule has 0 aliphatic heterocycles. The molecule has 3 aromatic rings. The maximum Gasteiger partial charge on any atom is 0.269 e. The van der Waals surface area contributed by atoms with Crippen LogP contribution in [0.2, 0.25) is 0 Å². The molecule has 2 aromatic heterocycles. The van der Waals surface area contributed by atoms with E-state index in [1.807, 2.05) is 19.1 Å². The van der Waals surface area contributed by atoms with Crippen molar-refractivity contribution in [1.82, 2.24) is 10.3 Å². The summed E-state index contributed by atoms with van der Waals surface area (Å²) >= 11 is 1.17. The minimum Gasteiger partial charge on any atom is -0.349 e. The first-order valence-corrected chi connectivity index (χ1v) is 10.4. The third-order valence-electron chi connectivity index (χ3n) is 3.94. The van der Waals surface area contributed by atoms with Gasteiger partial charge in [0.2, 0.25) is 0 Å². The zero-order valence-electron chi connectivity index (χ0n) is 14.1.